The van der Waals surface area contributed by atoms with E-state index >= 15 is 0 Å². The average molecular weight is 594 g/mol. The number of halogens is 4. The number of benzene rings is 3. The number of carbonyl (C=O) groups is 1. The normalized spacial score (nSPS) is 16.3. The van der Waals surface area contributed by atoms with Gasteiger partial charge in [-0.25, -0.2) is 4.39 Å². The predicted molar refractivity (Wildman–Crippen MR) is 160 cm³/mol. The number of nitrogens with zero attached hydrogens (tertiary/aromatic N) is 2. The van der Waals surface area contributed by atoms with Crippen LogP contribution >= 0.6 is 36.4 Å². The summed E-state index contributed by atoms with van der Waals surface area (Å²) in [5.41, 5.74) is 4.13. The Hall–Kier alpha value is -2.15. The van der Waals surface area contributed by atoms with Crippen molar-refractivity contribution in [2.75, 3.05) is 26.2 Å². The maximum absolute atomic E-state index is 13.3. The third-order valence-corrected chi connectivity index (χ3v) is 7.78. The Kier molecular flexibility index (Phi) is 12.1. The van der Waals surface area contributed by atoms with E-state index in [-0.39, 0.29) is 36.4 Å². The maximum Gasteiger partial charge on any atom is 0.162 e. The van der Waals surface area contributed by atoms with Gasteiger partial charge in [-0.05, 0) is 91.9 Å². The fraction of sp³-hybridized carbons (Fsp3) is 0.387. The van der Waals surface area contributed by atoms with Crippen molar-refractivity contribution in [2.45, 2.75) is 45.3 Å². The second-order valence-corrected chi connectivity index (χ2v) is 10.8. The van der Waals surface area contributed by atoms with Crippen molar-refractivity contribution in [3.63, 3.8) is 0 Å². The summed E-state index contributed by atoms with van der Waals surface area (Å²) in [6, 6.07) is 20.6. The van der Waals surface area contributed by atoms with Crippen LogP contribution in [0.2, 0.25) is 5.02 Å². The number of rotatable bonds is 8. The molecule has 2 heterocycles. The van der Waals surface area contributed by atoms with Gasteiger partial charge in [0.1, 0.15) is 18.2 Å². The molecule has 4 nitrogen and oxygen atoms in total. The van der Waals surface area contributed by atoms with Crippen LogP contribution in [-0.4, -0.2) is 41.8 Å². The Morgan fingerprint density at radius 3 is 2.38 bits per heavy atom. The van der Waals surface area contributed by atoms with Gasteiger partial charge >= 0.3 is 0 Å². The number of hydrogen-bond donors (Lipinski definition) is 0. The van der Waals surface area contributed by atoms with Crippen molar-refractivity contribution in [3.05, 3.63) is 99.8 Å². The summed E-state index contributed by atoms with van der Waals surface area (Å²) in [4.78, 5) is 17.9. The highest BCUT2D eigenvalue weighted by atomic mass is 35.5. The minimum Gasteiger partial charge on any atom is -0.492 e. The largest absolute Gasteiger partial charge is 0.492 e. The zero-order chi connectivity index (χ0) is 25.6. The molecule has 0 amide bonds. The van der Waals surface area contributed by atoms with E-state index in [0.717, 1.165) is 79.4 Å². The molecule has 5 rings (SSSR count). The molecule has 0 aromatic heterocycles. The molecule has 0 bridgehead atoms. The van der Waals surface area contributed by atoms with Gasteiger partial charge in [0.25, 0.3) is 0 Å². The van der Waals surface area contributed by atoms with E-state index in [1.54, 1.807) is 0 Å². The smallest absolute Gasteiger partial charge is 0.162 e. The first-order valence-electron chi connectivity index (χ1n) is 13.2. The van der Waals surface area contributed by atoms with E-state index in [1.807, 2.05) is 48.5 Å². The van der Waals surface area contributed by atoms with Crippen LogP contribution in [0.3, 0.4) is 0 Å². The van der Waals surface area contributed by atoms with Crippen LogP contribution in [0.4, 0.5) is 4.39 Å². The first-order chi connectivity index (χ1) is 18.0. The van der Waals surface area contributed by atoms with Gasteiger partial charge in [-0.2, -0.15) is 0 Å². The Balaban J connectivity index is 0.00000210. The Morgan fingerprint density at radius 2 is 1.64 bits per heavy atom. The summed E-state index contributed by atoms with van der Waals surface area (Å²) >= 11 is 6.13. The Morgan fingerprint density at radius 1 is 0.897 bits per heavy atom. The molecule has 3 aromatic rings. The highest BCUT2D eigenvalue weighted by Gasteiger charge is 2.22. The van der Waals surface area contributed by atoms with Gasteiger partial charge < -0.3 is 4.74 Å². The number of ketones is 1. The highest BCUT2D eigenvalue weighted by molar-refractivity contribution is 6.30. The van der Waals surface area contributed by atoms with Crippen LogP contribution in [-0.2, 0) is 19.6 Å². The fourth-order valence-corrected chi connectivity index (χ4v) is 5.62. The molecule has 210 valence electrons. The first-order valence-corrected chi connectivity index (χ1v) is 13.6. The van der Waals surface area contributed by atoms with E-state index in [0.29, 0.717) is 25.5 Å². The summed E-state index contributed by atoms with van der Waals surface area (Å²) in [6.07, 6.45) is 3.78. The minimum absolute atomic E-state index is 0. The molecule has 3 aromatic carbocycles. The number of hydrogen-bond acceptors (Lipinski definition) is 4. The average Bonchev–Trinajstić information content (AvgIpc) is 3.10. The van der Waals surface area contributed by atoms with Crippen molar-refractivity contribution < 1.29 is 13.9 Å². The Labute approximate surface area is 248 Å². The van der Waals surface area contributed by atoms with Crippen LogP contribution in [0.25, 0.3) is 0 Å². The molecule has 0 aliphatic carbocycles. The number of carbonyl (C=O) groups excluding carboxylic acids is 1. The van der Waals surface area contributed by atoms with Crippen LogP contribution in [0.1, 0.15) is 52.7 Å². The molecule has 0 N–H and O–H groups in total. The molecule has 0 radical (unpaired) electrons. The fourth-order valence-electron chi connectivity index (χ4n) is 5.41. The lowest BCUT2D eigenvalue weighted by Gasteiger charge is -2.32. The number of piperidine rings is 1. The zero-order valence-electron chi connectivity index (χ0n) is 22.0. The van der Waals surface area contributed by atoms with E-state index in [9.17, 15) is 9.18 Å². The monoisotopic (exact) mass is 592 g/mol. The molecule has 2 aliphatic rings. The standard InChI is InChI=1S/C31H34ClFN2O2.2ClH/c32-28-3-1-2-25(18-28)21-34-14-12-23(13-15-34)6-10-30(36)26-7-11-31-27(19-26)22-35(16-17-37-31)20-24-4-8-29(33)9-5-24;;/h1-5,7-9,11,18-19,23H,6,10,12-17,20-22H2;2*1H. The molecule has 39 heavy (non-hydrogen) atoms. The van der Waals surface area contributed by atoms with Crippen molar-refractivity contribution >= 4 is 42.2 Å². The number of Topliss-reactive ketones (excluding diaryl/α,β-unsaturated/α-hetero) is 1. The van der Waals surface area contributed by atoms with Crippen molar-refractivity contribution in [2.24, 2.45) is 5.92 Å². The molecular weight excluding hydrogens is 558 g/mol. The molecular formula is C31H36Cl3FN2O2. The molecule has 0 saturated carbocycles. The maximum atomic E-state index is 13.3. The number of ether oxygens (including phenoxy) is 1. The lowest BCUT2D eigenvalue weighted by atomic mass is 9.90. The summed E-state index contributed by atoms with van der Waals surface area (Å²) in [7, 11) is 0. The summed E-state index contributed by atoms with van der Waals surface area (Å²) in [6.45, 7) is 5.86. The molecule has 0 spiro atoms. The quantitative estimate of drug-likeness (QED) is 0.252. The summed E-state index contributed by atoms with van der Waals surface area (Å²) < 4.78 is 19.2. The van der Waals surface area contributed by atoms with Crippen LogP contribution in [0, 0.1) is 11.7 Å². The van der Waals surface area contributed by atoms with Gasteiger partial charge in [-0.15, -0.1) is 24.8 Å². The number of likely N-dealkylation sites (tertiary alicyclic amines) is 1. The number of fused-ring (bicyclic) bond motifs is 1. The van der Waals surface area contributed by atoms with Gasteiger partial charge in [-0.1, -0.05) is 35.9 Å². The third kappa shape index (κ3) is 8.92. The first kappa shape index (κ1) is 31.4. The molecule has 0 atom stereocenters. The summed E-state index contributed by atoms with van der Waals surface area (Å²) in [5, 5.41) is 0.788. The molecule has 1 fully saturated rings. The molecule has 2 aliphatic heterocycles. The van der Waals surface area contributed by atoms with E-state index in [2.05, 4.69) is 15.9 Å². The predicted octanol–water partition coefficient (Wildman–Crippen LogP) is 7.59. The lowest BCUT2D eigenvalue weighted by molar-refractivity contribution is 0.0961. The van der Waals surface area contributed by atoms with Crippen LogP contribution in [0.15, 0.2) is 66.7 Å². The summed E-state index contributed by atoms with van der Waals surface area (Å²) in [5.74, 6) is 1.43. The highest BCUT2D eigenvalue weighted by Crippen LogP contribution is 2.28. The van der Waals surface area contributed by atoms with Gasteiger partial charge in [0.05, 0.1) is 0 Å². The third-order valence-electron chi connectivity index (χ3n) is 7.54. The zero-order valence-corrected chi connectivity index (χ0v) is 24.4. The Bertz CT molecular complexity index is 1220. The SMILES string of the molecule is Cl.Cl.O=C(CCC1CCN(Cc2cccc(Cl)c2)CC1)c1ccc2c(c1)CN(Cc1ccc(F)cc1)CCO2. The van der Waals surface area contributed by atoms with Crippen LogP contribution in [0.5, 0.6) is 5.75 Å². The van der Waals surface area contributed by atoms with Gasteiger partial charge in [0.2, 0.25) is 0 Å². The van der Waals surface area contributed by atoms with E-state index < -0.39 is 0 Å². The van der Waals surface area contributed by atoms with E-state index in [4.69, 9.17) is 16.3 Å². The van der Waals surface area contributed by atoms with Crippen molar-refractivity contribution in [1.82, 2.24) is 9.80 Å². The van der Waals surface area contributed by atoms with Gasteiger partial charge in [-0.3, -0.25) is 14.6 Å². The minimum atomic E-state index is -0.223. The second-order valence-electron chi connectivity index (χ2n) is 10.3. The molecule has 8 heteroatoms. The van der Waals surface area contributed by atoms with Crippen LogP contribution < -0.4 is 4.74 Å². The lowest BCUT2D eigenvalue weighted by Crippen LogP contribution is -2.33. The van der Waals surface area contributed by atoms with Gasteiger partial charge in [0, 0.05) is 48.7 Å². The second kappa shape index (κ2) is 15.0. The topological polar surface area (TPSA) is 32.8 Å². The van der Waals surface area contributed by atoms with E-state index in [1.165, 1.54) is 17.7 Å². The molecule has 0 unspecified atom stereocenters. The van der Waals surface area contributed by atoms with Crippen molar-refractivity contribution in [1.29, 1.82) is 0 Å². The molecule has 1 saturated heterocycles. The van der Waals surface area contributed by atoms with Crippen molar-refractivity contribution in [3.8, 4) is 5.75 Å². The van der Waals surface area contributed by atoms with Gasteiger partial charge in [0.15, 0.2) is 5.78 Å².